The van der Waals surface area contributed by atoms with Gasteiger partial charge < -0.3 is 9.47 Å². The van der Waals surface area contributed by atoms with E-state index in [1.54, 1.807) is 18.0 Å². The minimum absolute atomic E-state index is 0.0495. The van der Waals surface area contributed by atoms with Crippen molar-refractivity contribution in [1.29, 1.82) is 0 Å². The molecule has 6 heteroatoms. The molecule has 0 bridgehead atoms. The molecule has 0 amide bonds. The SMILES string of the molecule is CCn1ncc(OC)c1C(=O)C1CN(C(C)C)CCO1. The van der Waals surface area contributed by atoms with E-state index in [1.807, 2.05) is 6.92 Å². The Hall–Kier alpha value is -1.40. The largest absolute Gasteiger partial charge is 0.493 e. The zero-order chi connectivity index (χ0) is 14.7. The van der Waals surface area contributed by atoms with Gasteiger partial charge in [-0.2, -0.15) is 5.10 Å². The molecule has 6 nitrogen and oxygen atoms in total. The Bertz CT molecular complexity index is 449. The maximum absolute atomic E-state index is 12.7. The van der Waals surface area contributed by atoms with E-state index in [1.165, 1.54) is 0 Å². The number of hydrogen-bond donors (Lipinski definition) is 0. The average molecular weight is 281 g/mol. The number of Topliss-reactive ketones (excluding diaryl/α,β-unsaturated/α-hetero) is 1. The second-order valence-electron chi connectivity index (χ2n) is 5.19. The first kappa shape index (κ1) is 15.0. The van der Waals surface area contributed by atoms with Crippen molar-refractivity contribution in [2.45, 2.75) is 39.5 Å². The third-order valence-electron chi connectivity index (χ3n) is 3.68. The molecule has 1 fully saturated rings. The van der Waals surface area contributed by atoms with Gasteiger partial charge in [0.25, 0.3) is 0 Å². The van der Waals surface area contributed by atoms with Crippen LogP contribution in [0.2, 0.25) is 0 Å². The van der Waals surface area contributed by atoms with Crippen LogP contribution in [-0.2, 0) is 11.3 Å². The maximum Gasteiger partial charge on any atom is 0.214 e. The average Bonchev–Trinajstić information content (AvgIpc) is 2.89. The Morgan fingerprint density at radius 3 is 2.95 bits per heavy atom. The van der Waals surface area contributed by atoms with Crippen LogP contribution in [0.5, 0.6) is 5.75 Å². The van der Waals surface area contributed by atoms with Gasteiger partial charge in [0, 0.05) is 25.7 Å². The number of ether oxygens (including phenoxy) is 2. The van der Waals surface area contributed by atoms with E-state index in [-0.39, 0.29) is 5.78 Å². The second-order valence-corrected chi connectivity index (χ2v) is 5.19. The molecule has 1 aromatic rings. The predicted molar refractivity (Wildman–Crippen MR) is 75.2 cm³/mol. The minimum atomic E-state index is -0.443. The van der Waals surface area contributed by atoms with Gasteiger partial charge in [-0.25, -0.2) is 0 Å². The van der Waals surface area contributed by atoms with E-state index < -0.39 is 6.10 Å². The molecule has 1 aliphatic rings. The predicted octanol–water partition coefficient (Wildman–Crippen LogP) is 1.20. The molecule has 0 saturated carbocycles. The van der Waals surface area contributed by atoms with Crippen molar-refractivity contribution in [3.8, 4) is 5.75 Å². The molecule has 1 aliphatic heterocycles. The number of ketones is 1. The van der Waals surface area contributed by atoms with Crippen LogP contribution in [0.4, 0.5) is 0 Å². The number of morpholine rings is 1. The lowest BCUT2D eigenvalue weighted by Crippen LogP contribution is -2.49. The van der Waals surface area contributed by atoms with Gasteiger partial charge in [0.15, 0.2) is 5.75 Å². The number of aromatic nitrogens is 2. The molecule has 1 aromatic heterocycles. The molecule has 0 N–H and O–H groups in total. The summed E-state index contributed by atoms with van der Waals surface area (Å²) in [7, 11) is 1.55. The number of carbonyl (C=O) groups is 1. The van der Waals surface area contributed by atoms with Gasteiger partial charge in [-0.3, -0.25) is 14.4 Å². The Kier molecular flexibility index (Phi) is 4.77. The van der Waals surface area contributed by atoms with E-state index in [4.69, 9.17) is 9.47 Å². The van der Waals surface area contributed by atoms with E-state index in [2.05, 4.69) is 23.8 Å². The van der Waals surface area contributed by atoms with Crippen LogP contribution in [0.15, 0.2) is 6.20 Å². The monoisotopic (exact) mass is 281 g/mol. The lowest BCUT2D eigenvalue weighted by atomic mass is 10.1. The molecule has 0 aromatic carbocycles. The summed E-state index contributed by atoms with van der Waals surface area (Å²) in [6, 6.07) is 0.409. The summed E-state index contributed by atoms with van der Waals surface area (Å²) < 4.78 is 12.6. The van der Waals surface area contributed by atoms with Crippen molar-refractivity contribution >= 4 is 5.78 Å². The van der Waals surface area contributed by atoms with Crippen LogP contribution in [-0.4, -0.2) is 59.4 Å². The fourth-order valence-electron chi connectivity index (χ4n) is 2.46. The summed E-state index contributed by atoms with van der Waals surface area (Å²) in [6.07, 6.45) is 1.14. The highest BCUT2D eigenvalue weighted by molar-refractivity contribution is 6.00. The molecule has 0 spiro atoms. The third kappa shape index (κ3) is 2.86. The zero-order valence-electron chi connectivity index (χ0n) is 12.6. The smallest absolute Gasteiger partial charge is 0.214 e. The molecule has 1 atom stereocenters. The van der Waals surface area contributed by atoms with Crippen molar-refractivity contribution in [3.63, 3.8) is 0 Å². The summed E-state index contributed by atoms with van der Waals surface area (Å²) in [4.78, 5) is 15.0. The van der Waals surface area contributed by atoms with Gasteiger partial charge in [0.05, 0.1) is 19.9 Å². The normalized spacial score (nSPS) is 20.4. The first-order valence-corrected chi connectivity index (χ1v) is 7.08. The van der Waals surface area contributed by atoms with Crippen LogP contribution in [0, 0.1) is 0 Å². The molecule has 0 radical (unpaired) electrons. The van der Waals surface area contributed by atoms with Gasteiger partial charge in [-0.1, -0.05) is 0 Å². The Balaban J connectivity index is 2.20. The highest BCUT2D eigenvalue weighted by Crippen LogP contribution is 2.22. The molecule has 1 saturated heterocycles. The highest BCUT2D eigenvalue weighted by Gasteiger charge is 2.32. The Morgan fingerprint density at radius 1 is 1.60 bits per heavy atom. The van der Waals surface area contributed by atoms with E-state index in [0.29, 0.717) is 37.2 Å². The Labute approximate surface area is 119 Å². The fourth-order valence-corrected chi connectivity index (χ4v) is 2.46. The molecule has 112 valence electrons. The van der Waals surface area contributed by atoms with Gasteiger partial charge >= 0.3 is 0 Å². The van der Waals surface area contributed by atoms with E-state index in [0.717, 1.165) is 6.54 Å². The van der Waals surface area contributed by atoms with Crippen LogP contribution in [0.3, 0.4) is 0 Å². The zero-order valence-corrected chi connectivity index (χ0v) is 12.6. The van der Waals surface area contributed by atoms with Crippen molar-refractivity contribution in [2.24, 2.45) is 0 Å². The summed E-state index contributed by atoms with van der Waals surface area (Å²) in [5.41, 5.74) is 0.505. The van der Waals surface area contributed by atoms with Crippen LogP contribution in [0.25, 0.3) is 0 Å². The van der Waals surface area contributed by atoms with Crippen LogP contribution >= 0.6 is 0 Å². The molecular weight excluding hydrogens is 258 g/mol. The maximum atomic E-state index is 12.7. The molecule has 1 unspecified atom stereocenters. The minimum Gasteiger partial charge on any atom is -0.493 e. The summed E-state index contributed by atoms with van der Waals surface area (Å²) >= 11 is 0. The molecule has 2 heterocycles. The van der Waals surface area contributed by atoms with Crippen molar-refractivity contribution in [2.75, 3.05) is 26.8 Å². The summed E-state index contributed by atoms with van der Waals surface area (Å²) in [6.45, 7) is 8.90. The first-order chi connectivity index (χ1) is 9.58. The van der Waals surface area contributed by atoms with Crippen molar-refractivity contribution in [1.82, 2.24) is 14.7 Å². The van der Waals surface area contributed by atoms with Gasteiger partial charge in [0.2, 0.25) is 5.78 Å². The van der Waals surface area contributed by atoms with Gasteiger partial charge in [-0.15, -0.1) is 0 Å². The second kappa shape index (κ2) is 6.37. The molecule has 2 rings (SSSR count). The lowest BCUT2D eigenvalue weighted by Gasteiger charge is -2.34. The van der Waals surface area contributed by atoms with E-state index in [9.17, 15) is 4.79 Å². The molecular formula is C14H23N3O3. The number of rotatable bonds is 5. The highest BCUT2D eigenvalue weighted by atomic mass is 16.5. The summed E-state index contributed by atoms with van der Waals surface area (Å²) in [5.74, 6) is 0.466. The van der Waals surface area contributed by atoms with Crippen molar-refractivity contribution in [3.05, 3.63) is 11.9 Å². The third-order valence-corrected chi connectivity index (χ3v) is 3.68. The van der Waals surface area contributed by atoms with Crippen molar-refractivity contribution < 1.29 is 14.3 Å². The van der Waals surface area contributed by atoms with Crippen LogP contribution in [0.1, 0.15) is 31.3 Å². The summed E-state index contributed by atoms with van der Waals surface area (Å²) in [5, 5.41) is 4.18. The first-order valence-electron chi connectivity index (χ1n) is 7.08. The van der Waals surface area contributed by atoms with Crippen LogP contribution < -0.4 is 4.74 Å². The number of nitrogens with zero attached hydrogens (tertiary/aromatic N) is 3. The molecule has 20 heavy (non-hydrogen) atoms. The number of methoxy groups -OCH3 is 1. The lowest BCUT2D eigenvalue weighted by molar-refractivity contribution is -0.0261. The van der Waals surface area contributed by atoms with Gasteiger partial charge in [0.1, 0.15) is 11.8 Å². The van der Waals surface area contributed by atoms with E-state index >= 15 is 0 Å². The fraction of sp³-hybridized carbons (Fsp3) is 0.714. The number of aryl methyl sites for hydroxylation is 1. The number of carbonyl (C=O) groups excluding carboxylic acids is 1. The molecule has 0 aliphatic carbocycles. The number of hydrogen-bond acceptors (Lipinski definition) is 5. The topological polar surface area (TPSA) is 56.6 Å². The quantitative estimate of drug-likeness (QED) is 0.759. The Morgan fingerprint density at radius 2 is 2.35 bits per heavy atom. The standard InChI is InChI=1S/C14H23N3O3/c1-5-17-13(11(19-4)8-15-17)14(18)12-9-16(10(2)3)6-7-20-12/h8,10,12H,5-7,9H2,1-4H3. The van der Waals surface area contributed by atoms with Gasteiger partial charge in [-0.05, 0) is 20.8 Å².